The molecule has 1 rings (SSSR count). The number of aromatic nitrogens is 2. The van der Waals surface area contributed by atoms with Crippen molar-refractivity contribution in [3.05, 3.63) is 11.1 Å². The fraction of sp³-hybridized carbons (Fsp3) is 0.667. The molecule has 0 unspecified atom stereocenters. The van der Waals surface area contributed by atoms with Crippen molar-refractivity contribution >= 4 is 17.5 Å². The molecule has 0 bridgehead atoms. The molecule has 1 heterocycles. The van der Waals surface area contributed by atoms with Gasteiger partial charge >= 0.3 is 5.97 Å². The lowest BCUT2D eigenvalue weighted by atomic mass is 10.2. The van der Waals surface area contributed by atoms with E-state index in [1.54, 1.807) is 0 Å². The van der Waals surface area contributed by atoms with E-state index in [-0.39, 0.29) is 12.5 Å². The van der Waals surface area contributed by atoms with Gasteiger partial charge in [0, 0.05) is 11.9 Å². The van der Waals surface area contributed by atoms with Crippen LogP contribution >= 0.6 is 11.5 Å². The average molecular weight is 229 g/mol. The Morgan fingerprint density at radius 3 is 2.87 bits per heavy atom. The standard InChI is InChI=1S/C9H15N3O2S/c1-9(2,3)14-8(13)5-10-4-7-6-15-12-11-7/h6,10H,4-5H2,1-3H3. The van der Waals surface area contributed by atoms with Crippen molar-refractivity contribution < 1.29 is 9.53 Å². The zero-order chi connectivity index (χ0) is 11.3. The SMILES string of the molecule is CC(C)(C)OC(=O)CNCc1csnn1. The van der Waals surface area contributed by atoms with Gasteiger partial charge in [-0.05, 0) is 32.3 Å². The molecule has 0 amide bonds. The van der Waals surface area contributed by atoms with Gasteiger partial charge in [-0.15, -0.1) is 5.10 Å². The van der Waals surface area contributed by atoms with Crippen LogP contribution in [0, 0.1) is 0 Å². The quantitative estimate of drug-likeness (QED) is 0.779. The van der Waals surface area contributed by atoms with Gasteiger partial charge < -0.3 is 10.1 Å². The first kappa shape index (κ1) is 12.1. The molecule has 1 N–H and O–H groups in total. The number of carbonyl (C=O) groups excluding carboxylic acids is 1. The molecule has 1 aromatic heterocycles. The summed E-state index contributed by atoms with van der Waals surface area (Å²) in [6, 6.07) is 0. The normalized spacial score (nSPS) is 11.4. The molecule has 15 heavy (non-hydrogen) atoms. The van der Waals surface area contributed by atoms with Crippen LogP contribution in [0.15, 0.2) is 5.38 Å². The van der Waals surface area contributed by atoms with E-state index >= 15 is 0 Å². The molecule has 6 heteroatoms. The summed E-state index contributed by atoms with van der Waals surface area (Å²) < 4.78 is 8.84. The number of hydrogen-bond acceptors (Lipinski definition) is 6. The van der Waals surface area contributed by atoms with Gasteiger partial charge in [0.2, 0.25) is 0 Å². The number of rotatable bonds is 4. The summed E-state index contributed by atoms with van der Waals surface area (Å²) in [6.07, 6.45) is 0. The molecule has 0 spiro atoms. The van der Waals surface area contributed by atoms with Gasteiger partial charge in [0.05, 0.1) is 12.2 Å². The van der Waals surface area contributed by atoms with Crippen molar-refractivity contribution in [3.63, 3.8) is 0 Å². The van der Waals surface area contributed by atoms with Crippen LogP contribution in [0.25, 0.3) is 0 Å². The van der Waals surface area contributed by atoms with Crippen LogP contribution in [0.4, 0.5) is 0 Å². The van der Waals surface area contributed by atoms with Gasteiger partial charge in [-0.3, -0.25) is 4.79 Å². The van der Waals surface area contributed by atoms with Gasteiger partial charge in [0.25, 0.3) is 0 Å². The Bertz CT molecular complexity index is 306. The Morgan fingerprint density at radius 1 is 1.60 bits per heavy atom. The van der Waals surface area contributed by atoms with Crippen LogP contribution < -0.4 is 5.32 Å². The predicted octanol–water partition coefficient (Wildman–Crippen LogP) is 0.969. The fourth-order valence-electron chi connectivity index (χ4n) is 0.931. The summed E-state index contributed by atoms with van der Waals surface area (Å²) in [7, 11) is 0. The summed E-state index contributed by atoms with van der Waals surface area (Å²) in [6.45, 7) is 6.25. The first-order valence-electron chi connectivity index (χ1n) is 4.66. The minimum Gasteiger partial charge on any atom is -0.459 e. The van der Waals surface area contributed by atoms with Crippen molar-refractivity contribution in [2.24, 2.45) is 0 Å². The van der Waals surface area contributed by atoms with E-state index in [4.69, 9.17) is 4.74 Å². The van der Waals surface area contributed by atoms with Crippen LogP contribution in [0.1, 0.15) is 26.5 Å². The fourth-order valence-corrected chi connectivity index (χ4v) is 1.38. The van der Waals surface area contributed by atoms with E-state index < -0.39 is 5.60 Å². The molecule has 0 fully saturated rings. The second-order valence-corrected chi connectivity index (χ2v) is 4.70. The van der Waals surface area contributed by atoms with Crippen LogP contribution in [0.5, 0.6) is 0 Å². The van der Waals surface area contributed by atoms with Gasteiger partial charge in [0.15, 0.2) is 0 Å². The molecule has 0 aliphatic rings. The van der Waals surface area contributed by atoms with Crippen LogP contribution in [-0.4, -0.2) is 27.7 Å². The highest BCUT2D eigenvalue weighted by molar-refractivity contribution is 7.03. The Hall–Kier alpha value is -1.01. The lowest BCUT2D eigenvalue weighted by Crippen LogP contribution is -2.31. The summed E-state index contributed by atoms with van der Waals surface area (Å²) in [4.78, 5) is 11.3. The van der Waals surface area contributed by atoms with Gasteiger partial charge in [-0.2, -0.15) is 0 Å². The number of nitrogens with one attached hydrogen (secondary N) is 1. The molecule has 1 aromatic rings. The Balaban J connectivity index is 2.18. The van der Waals surface area contributed by atoms with Crippen LogP contribution in [-0.2, 0) is 16.1 Å². The summed E-state index contributed by atoms with van der Waals surface area (Å²) in [5, 5.41) is 8.62. The largest absolute Gasteiger partial charge is 0.459 e. The number of nitrogens with zero attached hydrogens (tertiary/aromatic N) is 2. The van der Waals surface area contributed by atoms with Crippen molar-refractivity contribution in [1.29, 1.82) is 0 Å². The average Bonchev–Trinajstić information content (AvgIpc) is 2.53. The van der Waals surface area contributed by atoms with E-state index in [1.165, 1.54) is 11.5 Å². The third kappa shape index (κ3) is 5.44. The third-order valence-electron chi connectivity index (χ3n) is 1.40. The van der Waals surface area contributed by atoms with Crippen molar-refractivity contribution in [2.45, 2.75) is 32.9 Å². The third-order valence-corrected chi connectivity index (χ3v) is 1.95. The lowest BCUT2D eigenvalue weighted by Gasteiger charge is -2.19. The number of ether oxygens (including phenoxy) is 1. The monoisotopic (exact) mass is 229 g/mol. The molecular formula is C9H15N3O2S. The molecule has 0 aromatic carbocycles. The number of carbonyl (C=O) groups is 1. The van der Waals surface area contributed by atoms with Gasteiger partial charge in [-0.25, -0.2) is 0 Å². The first-order valence-corrected chi connectivity index (χ1v) is 5.49. The Labute approximate surface area is 93.0 Å². The van der Waals surface area contributed by atoms with Crippen LogP contribution in [0.3, 0.4) is 0 Å². The summed E-state index contributed by atoms with van der Waals surface area (Å²) in [5.74, 6) is -0.259. The Morgan fingerprint density at radius 2 is 2.33 bits per heavy atom. The second kappa shape index (κ2) is 5.18. The maximum Gasteiger partial charge on any atom is 0.320 e. The smallest absolute Gasteiger partial charge is 0.320 e. The highest BCUT2D eigenvalue weighted by Gasteiger charge is 2.15. The molecular weight excluding hydrogens is 214 g/mol. The van der Waals surface area contributed by atoms with Gasteiger partial charge in [0.1, 0.15) is 5.60 Å². The predicted molar refractivity (Wildman–Crippen MR) is 57.5 cm³/mol. The lowest BCUT2D eigenvalue weighted by molar-refractivity contribution is -0.153. The van der Waals surface area contributed by atoms with E-state index in [9.17, 15) is 4.79 Å². The molecule has 0 saturated carbocycles. The zero-order valence-corrected chi connectivity index (χ0v) is 9.93. The highest BCUT2D eigenvalue weighted by atomic mass is 32.1. The molecule has 0 atom stereocenters. The van der Waals surface area contributed by atoms with Crippen molar-refractivity contribution in [3.8, 4) is 0 Å². The molecule has 0 aliphatic heterocycles. The highest BCUT2D eigenvalue weighted by Crippen LogP contribution is 2.06. The minimum absolute atomic E-state index is 0.189. The van der Waals surface area contributed by atoms with E-state index in [0.717, 1.165) is 5.69 Å². The summed E-state index contributed by atoms with van der Waals surface area (Å²) >= 11 is 1.29. The molecule has 0 aliphatic carbocycles. The Kier molecular flexibility index (Phi) is 4.16. The maximum atomic E-state index is 11.3. The van der Waals surface area contributed by atoms with E-state index in [0.29, 0.717) is 6.54 Å². The maximum absolute atomic E-state index is 11.3. The molecule has 84 valence electrons. The topological polar surface area (TPSA) is 64.1 Å². The molecule has 5 nitrogen and oxygen atoms in total. The molecule has 0 saturated heterocycles. The van der Waals surface area contributed by atoms with E-state index in [2.05, 4.69) is 14.9 Å². The number of esters is 1. The van der Waals surface area contributed by atoms with Gasteiger partial charge in [-0.1, -0.05) is 4.49 Å². The van der Waals surface area contributed by atoms with Crippen LogP contribution in [0.2, 0.25) is 0 Å². The summed E-state index contributed by atoms with van der Waals surface area (Å²) in [5.41, 5.74) is 0.407. The second-order valence-electron chi connectivity index (χ2n) is 4.09. The van der Waals surface area contributed by atoms with Crippen molar-refractivity contribution in [1.82, 2.24) is 14.9 Å². The van der Waals surface area contributed by atoms with E-state index in [1.807, 2.05) is 26.2 Å². The number of hydrogen-bond donors (Lipinski definition) is 1. The van der Waals surface area contributed by atoms with Crippen molar-refractivity contribution in [2.75, 3.05) is 6.54 Å². The zero-order valence-electron chi connectivity index (χ0n) is 9.11. The first-order chi connectivity index (χ1) is 6.97. The minimum atomic E-state index is -0.430. The molecule has 0 radical (unpaired) electrons.